The van der Waals surface area contributed by atoms with E-state index in [9.17, 15) is 0 Å². The van der Waals surface area contributed by atoms with Gasteiger partial charge >= 0.3 is 0 Å². The summed E-state index contributed by atoms with van der Waals surface area (Å²) in [7, 11) is 1.76. The van der Waals surface area contributed by atoms with Crippen LogP contribution in [0.15, 0.2) is 0 Å². The van der Waals surface area contributed by atoms with E-state index in [1.165, 1.54) is 0 Å². The van der Waals surface area contributed by atoms with Gasteiger partial charge in [0.05, 0.1) is 6.61 Å². The summed E-state index contributed by atoms with van der Waals surface area (Å²) in [4.78, 5) is 14.8. The van der Waals surface area contributed by atoms with Crippen LogP contribution in [0.25, 0.3) is 0 Å². The molecule has 0 fully saturated rings. The molecule has 7 nitrogen and oxygen atoms in total. The molecule has 1 rings (SSSR count). The Morgan fingerprint density at radius 2 is 1.76 bits per heavy atom. The van der Waals surface area contributed by atoms with Crippen molar-refractivity contribution in [1.82, 2.24) is 15.0 Å². The molecule has 7 heteroatoms. The first-order valence-electron chi connectivity index (χ1n) is 5.78. The lowest BCUT2D eigenvalue weighted by molar-refractivity contribution is 0.311. The van der Waals surface area contributed by atoms with Crippen LogP contribution in [0.4, 0.5) is 17.8 Å². The molecule has 0 aliphatic carbocycles. The van der Waals surface area contributed by atoms with E-state index in [4.69, 9.17) is 5.11 Å². The fraction of sp³-hybridized carbons (Fsp3) is 0.700. The molecule has 0 aliphatic rings. The highest BCUT2D eigenvalue weighted by molar-refractivity contribution is 5.43. The number of aliphatic hydroxyl groups excluding tert-OH is 1. The third kappa shape index (κ3) is 3.70. The van der Waals surface area contributed by atoms with Crippen LogP contribution >= 0.6 is 0 Å². The summed E-state index contributed by atoms with van der Waals surface area (Å²) >= 11 is 0. The normalized spacial score (nSPS) is 10.1. The first kappa shape index (κ1) is 13.4. The summed E-state index contributed by atoms with van der Waals surface area (Å²) in [6.45, 7) is 6.23. The van der Waals surface area contributed by atoms with Crippen molar-refractivity contribution in [3.8, 4) is 0 Å². The topological polar surface area (TPSA) is 86.2 Å². The second-order valence-corrected chi connectivity index (χ2v) is 3.36. The lowest BCUT2D eigenvalue weighted by atomic mass is 10.5. The monoisotopic (exact) mass is 240 g/mol. The van der Waals surface area contributed by atoms with Gasteiger partial charge in [-0.1, -0.05) is 0 Å². The van der Waals surface area contributed by atoms with E-state index in [-0.39, 0.29) is 6.61 Å². The molecule has 0 unspecified atom stereocenters. The number of aromatic nitrogens is 3. The van der Waals surface area contributed by atoms with Gasteiger partial charge in [-0.15, -0.1) is 0 Å². The summed E-state index contributed by atoms with van der Waals surface area (Å²) in [6.07, 6.45) is 0. The molecule has 1 aromatic heterocycles. The maximum atomic E-state index is 8.77. The van der Waals surface area contributed by atoms with Crippen molar-refractivity contribution in [3.05, 3.63) is 0 Å². The van der Waals surface area contributed by atoms with Crippen molar-refractivity contribution >= 4 is 17.8 Å². The van der Waals surface area contributed by atoms with Crippen molar-refractivity contribution in [2.75, 3.05) is 48.8 Å². The Morgan fingerprint density at radius 3 is 2.29 bits per heavy atom. The van der Waals surface area contributed by atoms with Gasteiger partial charge in [-0.05, 0) is 13.8 Å². The maximum Gasteiger partial charge on any atom is 0.231 e. The second kappa shape index (κ2) is 6.85. The van der Waals surface area contributed by atoms with E-state index in [1.54, 1.807) is 7.05 Å². The highest BCUT2D eigenvalue weighted by atomic mass is 16.3. The molecule has 0 saturated heterocycles. The molecule has 0 spiro atoms. The molecule has 3 N–H and O–H groups in total. The highest BCUT2D eigenvalue weighted by Crippen LogP contribution is 2.12. The van der Waals surface area contributed by atoms with Gasteiger partial charge in [0.2, 0.25) is 17.8 Å². The molecule has 0 atom stereocenters. The van der Waals surface area contributed by atoms with Crippen LogP contribution in [-0.2, 0) is 0 Å². The van der Waals surface area contributed by atoms with Gasteiger partial charge < -0.3 is 20.6 Å². The summed E-state index contributed by atoms with van der Waals surface area (Å²) in [6, 6.07) is 0. The molecule has 17 heavy (non-hydrogen) atoms. The predicted octanol–water partition coefficient (Wildman–Crippen LogP) is 0.164. The van der Waals surface area contributed by atoms with Crippen molar-refractivity contribution in [3.63, 3.8) is 0 Å². The van der Waals surface area contributed by atoms with Gasteiger partial charge in [-0.2, -0.15) is 15.0 Å². The number of nitrogens with one attached hydrogen (secondary N) is 2. The van der Waals surface area contributed by atoms with Crippen LogP contribution < -0.4 is 15.5 Å². The van der Waals surface area contributed by atoms with E-state index >= 15 is 0 Å². The average molecular weight is 240 g/mol. The van der Waals surface area contributed by atoms with E-state index < -0.39 is 0 Å². The standard InChI is InChI=1S/C10H20N6O/c1-4-16(5-2)10-14-8(11-3)13-9(15-10)12-6-7-17/h17H,4-7H2,1-3H3,(H2,11,12,13,14,15). The Balaban J connectivity index is 2.95. The van der Waals surface area contributed by atoms with Gasteiger partial charge in [0, 0.05) is 26.7 Å². The van der Waals surface area contributed by atoms with Crippen LogP contribution in [0.5, 0.6) is 0 Å². The van der Waals surface area contributed by atoms with Gasteiger partial charge in [-0.3, -0.25) is 0 Å². The zero-order chi connectivity index (χ0) is 12.7. The summed E-state index contributed by atoms with van der Waals surface area (Å²) < 4.78 is 0. The minimum atomic E-state index is 0.0428. The molecule has 0 aliphatic heterocycles. The fourth-order valence-electron chi connectivity index (χ4n) is 1.37. The third-order valence-electron chi connectivity index (χ3n) is 2.29. The smallest absolute Gasteiger partial charge is 0.231 e. The maximum absolute atomic E-state index is 8.77. The Kier molecular flexibility index (Phi) is 5.41. The number of hydrogen-bond donors (Lipinski definition) is 3. The van der Waals surface area contributed by atoms with Crippen LogP contribution in [0.3, 0.4) is 0 Å². The molecule has 0 amide bonds. The quantitative estimate of drug-likeness (QED) is 0.626. The highest BCUT2D eigenvalue weighted by Gasteiger charge is 2.09. The van der Waals surface area contributed by atoms with Crippen LogP contribution in [-0.4, -0.2) is 53.3 Å². The molecule has 96 valence electrons. The van der Waals surface area contributed by atoms with E-state index in [1.807, 2.05) is 18.7 Å². The van der Waals surface area contributed by atoms with E-state index in [2.05, 4.69) is 25.6 Å². The fourth-order valence-corrected chi connectivity index (χ4v) is 1.37. The number of anilines is 3. The number of hydrogen-bond acceptors (Lipinski definition) is 7. The molecule has 1 aromatic rings. The lowest BCUT2D eigenvalue weighted by Crippen LogP contribution is -2.25. The Hall–Kier alpha value is -1.63. The first-order chi connectivity index (χ1) is 8.24. The molecule has 0 saturated carbocycles. The predicted molar refractivity (Wildman–Crippen MR) is 68.5 cm³/mol. The molecule has 0 aromatic carbocycles. The summed E-state index contributed by atoms with van der Waals surface area (Å²) in [5.41, 5.74) is 0. The average Bonchev–Trinajstić information content (AvgIpc) is 2.37. The minimum Gasteiger partial charge on any atom is -0.395 e. The van der Waals surface area contributed by atoms with Crippen molar-refractivity contribution < 1.29 is 5.11 Å². The molecular formula is C10H20N6O. The molecule has 0 bridgehead atoms. The van der Waals surface area contributed by atoms with Gasteiger partial charge in [0.15, 0.2) is 0 Å². The van der Waals surface area contributed by atoms with Crippen molar-refractivity contribution in [2.24, 2.45) is 0 Å². The van der Waals surface area contributed by atoms with Crippen molar-refractivity contribution in [2.45, 2.75) is 13.8 Å². The molecule has 1 heterocycles. The van der Waals surface area contributed by atoms with Crippen LogP contribution in [0.1, 0.15) is 13.8 Å². The first-order valence-corrected chi connectivity index (χ1v) is 5.78. The van der Waals surface area contributed by atoms with Gasteiger partial charge in [0.25, 0.3) is 0 Å². The van der Waals surface area contributed by atoms with E-state index in [0.717, 1.165) is 13.1 Å². The summed E-state index contributed by atoms with van der Waals surface area (Å²) in [5.74, 6) is 1.62. The van der Waals surface area contributed by atoms with Crippen LogP contribution in [0.2, 0.25) is 0 Å². The summed E-state index contributed by atoms with van der Waals surface area (Å²) in [5, 5.41) is 14.6. The zero-order valence-corrected chi connectivity index (χ0v) is 10.6. The Morgan fingerprint density at radius 1 is 1.12 bits per heavy atom. The molecular weight excluding hydrogens is 220 g/mol. The van der Waals surface area contributed by atoms with Crippen molar-refractivity contribution in [1.29, 1.82) is 0 Å². The van der Waals surface area contributed by atoms with Gasteiger partial charge in [-0.25, -0.2) is 0 Å². The largest absolute Gasteiger partial charge is 0.395 e. The van der Waals surface area contributed by atoms with Gasteiger partial charge in [0.1, 0.15) is 0 Å². The SMILES string of the molecule is CCN(CC)c1nc(NC)nc(NCCO)n1. The zero-order valence-electron chi connectivity index (χ0n) is 10.6. The molecule has 0 radical (unpaired) electrons. The number of nitrogens with zero attached hydrogens (tertiary/aromatic N) is 4. The minimum absolute atomic E-state index is 0.0428. The Labute approximate surface area is 101 Å². The van der Waals surface area contributed by atoms with E-state index in [0.29, 0.717) is 24.4 Å². The lowest BCUT2D eigenvalue weighted by Gasteiger charge is -2.19. The number of rotatable bonds is 7. The Bertz CT molecular complexity index is 342. The third-order valence-corrected chi connectivity index (χ3v) is 2.29. The number of aliphatic hydroxyl groups is 1. The second-order valence-electron chi connectivity index (χ2n) is 3.36. The van der Waals surface area contributed by atoms with Crippen LogP contribution in [0, 0.1) is 0 Å².